The van der Waals surface area contributed by atoms with Gasteiger partial charge in [-0.15, -0.1) is 0 Å². The predicted molar refractivity (Wildman–Crippen MR) is 60.6 cm³/mol. The van der Waals surface area contributed by atoms with Gasteiger partial charge in [-0.05, 0) is 47.2 Å². The molecule has 0 saturated heterocycles. The van der Waals surface area contributed by atoms with Crippen molar-refractivity contribution >= 4 is 0 Å². The Hall–Kier alpha value is -0.0800. The molecule has 0 aromatic carbocycles. The van der Waals surface area contributed by atoms with E-state index in [0.717, 1.165) is 6.04 Å². The molecule has 2 nitrogen and oxygen atoms in total. The molecule has 0 N–H and O–H groups in total. The van der Waals surface area contributed by atoms with E-state index in [1.54, 1.807) is 0 Å². The first-order valence-electron chi connectivity index (χ1n) is 5.91. The molecular formula is C12H25NO. The lowest BCUT2D eigenvalue weighted by atomic mass is 10.1. The predicted octanol–water partition coefficient (Wildman–Crippen LogP) is 2.67. The van der Waals surface area contributed by atoms with E-state index in [9.17, 15) is 0 Å². The van der Waals surface area contributed by atoms with Crippen LogP contribution in [0.5, 0.6) is 0 Å². The van der Waals surface area contributed by atoms with E-state index in [0.29, 0.717) is 12.2 Å². The zero-order chi connectivity index (χ0) is 10.6. The van der Waals surface area contributed by atoms with Gasteiger partial charge in [0.25, 0.3) is 0 Å². The van der Waals surface area contributed by atoms with Gasteiger partial charge in [0, 0.05) is 6.04 Å². The van der Waals surface area contributed by atoms with E-state index in [2.05, 4.69) is 32.8 Å². The van der Waals surface area contributed by atoms with E-state index in [1.165, 1.54) is 32.1 Å². The third kappa shape index (κ3) is 3.97. The second-order valence-electron chi connectivity index (χ2n) is 4.94. The molecule has 0 aromatic heterocycles. The lowest BCUT2D eigenvalue weighted by molar-refractivity contribution is -0.00923. The molecule has 2 unspecified atom stereocenters. The maximum atomic E-state index is 5.92. The fourth-order valence-electron chi connectivity index (χ4n) is 2.27. The minimum atomic E-state index is 0.376. The second kappa shape index (κ2) is 5.72. The third-order valence-electron chi connectivity index (χ3n) is 3.04. The summed E-state index contributed by atoms with van der Waals surface area (Å²) in [7, 11) is 4.37. The number of hydrogen-bond acceptors (Lipinski definition) is 2. The summed E-state index contributed by atoms with van der Waals surface area (Å²) in [6.07, 6.45) is 7.37. The first-order valence-corrected chi connectivity index (χ1v) is 5.91. The van der Waals surface area contributed by atoms with Crippen LogP contribution in [-0.2, 0) is 4.74 Å². The van der Waals surface area contributed by atoms with Crippen LogP contribution in [0.15, 0.2) is 0 Å². The highest BCUT2D eigenvalue weighted by Crippen LogP contribution is 2.23. The van der Waals surface area contributed by atoms with Crippen LogP contribution in [-0.4, -0.2) is 37.2 Å². The Kier molecular flexibility index (Phi) is 4.90. The second-order valence-corrected chi connectivity index (χ2v) is 4.94. The molecule has 0 aromatic rings. The van der Waals surface area contributed by atoms with Crippen molar-refractivity contribution in [1.29, 1.82) is 0 Å². The Bertz CT molecular complexity index is 156. The van der Waals surface area contributed by atoms with Gasteiger partial charge in [0.05, 0.1) is 12.2 Å². The summed E-state index contributed by atoms with van der Waals surface area (Å²) in [5, 5.41) is 0. The maximum Gasteiger partial charge on any atom is 0.0593 e. The lowest BCUT2D eigenvalue weighted by Gasteiger charge is -2.27. The highest BCUT2D eigenvalue weighted by molar-refractivity contribution is 4.76. The van der Waals surface area contributed by atoms with Crippen LogP contribution in [0.25, 0.3) is 0 Å². The molecule has 0 heterocycles. The smallest absolute Gasteiger partial charge is 0.0593 e. The summed E-state index contributed by atoms with van der Waals surface area (Å²) >= 11 is 0. The molecule has 0 aliphatic heterocycles. The molecule has 84 valence electrons. The molecule has 2 heteroatoms. The third-order valence-corrected chi connectivity index (χ3v) is 3.04. The van der Waals surface area contributed by atoms with Crippen LogP contribution < -0.4 is 0 Å². The Balaban J connectivity index is 2.43. The zero-order valence-corrected chi connectivity index (χ0v) is 10.1. The van der Waals surface area contributed by atoms with E-state index in [4.69, 9.17) is 4.74 Å². The highest BCUT2D eigenvalue weighted by atomic mass is 16.5. The quantitative estimate of drug-likeness (QED) is 0.648. The van der Waals surface area contributed by atoms with Crippen molar-refractivity contribution in [3.63, 3.8) is 0 Å². The molecule has 0 amide bonds. The molecule has 0 spiro atoms. The van der Waals surface area contributed by atoms with Gasteiger partial charge in [-0.1, -0.05) is 12.8 Å². The fraction of sp³-hybridized carbons (Fsp3) is 1.00. The topological polar surface area (TPSA) is 12.5 Å². The van der Waals surface area contributed by atoms with Crippen molar-refractivity contribution < 1.29 is 4.74 Å². The van der Waals surface area contributed by atoms with Crippen molar-refractivity contribution in [3.05, 3.63) is 0 Å². The average molecular weight is 199 g/mol. The van der Waals surface area contributed by atoms with Crippen LogP contribution in [0, 0.1) is 0 Å². The molecule has 2 atom stereocenters. The maximum absolute atomic E-state index is 5.92. The van der Waals surface area contributed by atoms with Gasteiger partial charge in [-0.25, -0.2) is 0 Å². The van der Waals surface area contributed by atoms with Crippen LogP contribution in [0.2, 0.25) is 0 Å². The van der Waals surface area contributed by atoms with Gasteiger partial charge in [0.2, 0.25) is 0 Å². The molecule has 0 radical (unpaired) electrons. The van der Waals surface area contributed by atoms with Gasteiger partial charge in [0.15, 0.2) is 0 Å². The Labute approximate surface area is 88.6 Å². The molecule has 1 fully saturated rings. The average Bonchev–Trinajstić information content (AvgIpc) is 2.28. The van der Waals surface area contributed by atoms with E-state index in [1.807, 2.05) is 0 Å². The van der Waals surface area contributed by atoms with Gasteiger partial charge in [-0.3, -0.25) is 0 Å². The molecule has 1 aliphatic rings. The normalized spacial score (nSPS) is 29.6. The Morgan fingerprint density at radius 1 is 1.14 bits per heavy atom. The number of rotatable bonds is 3. The number of hydrogen-bond donors (Lipinski definition) is 0. The Morgan fingerprint density at radius 2 is 1.79 bits per heavy atom. The summed E-state index contributed by atoms with van der Waals surface area (Å²) < 4.78 is 5.92. The Morgan fingerprint density at radius 3 is 2.36 bits per heavy atom. The van der Waals surface area contributed by atoms with Crippen LogP contribution in [0.4, 0.5) is 0 Å². The highest BCUT2D eigenvalue weighted by Gasteiger charge is 2.22. The minimum absolute atomic E-state index is 0.376. The number of ether oxygens (including phenoxy) is 1. The monoisotopic (exact) mass is 199 g/mol. The standard InChI is InChI=1S/C12H25NO/c1-10(2)14-12-8-6-5-7-11(9-12)13(3)4/h10-12H,5-9H2,1-4H3. The van der Waals surface area contributed by atoms with Crippen LogP contribution in [0.3, 0.4) is 0 Å². The van der Waals surface area contributed by atoms with Crippen molar-refractivity contribution in [3.8, 4) is 0 Å². The summed E-state index contributed by atoms with van der Waals surface area (Å²) in [6.45, 7) is 4.27. The largest absolute Gasteiger partial charge is 0.376 e. The summed E-state index contributed by atoms with van der Waals surface area (Å²) in [5.41, 5.74) is 0. The van der Waals surface area contributed by atoms with E-state index >= 15 is 0 Å². The van der Waals surface area contributed by atoms with Crippen molar-refractivity contribution in [2.45, 2.75) is 64.2 Å². The summed E-state index contributed by atoms with van der Waals surface area (Å²) in [4.78, 5) is 2.35. The van der Waals surface area contributed by atoms with Crippen LogP contribution >= 0.6 is 0 Å². The summed E-state index contributed by atoms with van der Waals surface area (Å²) in [6, 6.07) is 0.723. The van der Waals surface area contributed by atoms with Gasteiger partial charge in [-0.2, -0.15) is 0 Å². The molecule has 1 aliphatic carbocycles. The van der Waals surface area contributed by atoms with Gasteiger partial charge in [0.1, 0.15) is 0 Å². The lowest BCUT2D eigenvalue weighted by Crippen LogP contribution is -2.32. The van der Waals surface area contributed by atoms with Crippen molar-refractivity contribution in [2.24, 2.45) is 0 Å². The van der Waals surface area contributed by atoms with Crippen LogP contribution in [0.1, 0.15) is 46.0 Å². The van der Waals surface area contributed by atoms with E-state index in [-0.39, 0.29) is 0 Å². The zero-order valence-electron chi connectivity index (χ0n) is 10.1. The van der Waals surface area contributed by atoms with Crippen molar-refractivity contribution in [2.75, 3.05) is 14.1 Å². The molecule has 0 bridgehead atoms. The molecular weight excluding hydrogens is 174 g/mol. The first kappa shape index (κ1) is 12.0. The number of nitrogens with zero attached hydrogens (tertiary/aromatic N) is 1. The van der Waals surface area contributed by atoms with Gasteiger partial charge < -0.3 is 9.64 Å². The van der Waals surface area contributed by atoms with E-state index < -0.39 is 0 Å². The molecule has 1 rings (SSSR count). The van der Waals surface area contributed by atoms with Gasteiger partial charge >= 0.3 is 0 Å². The molecule has 14 heavy (non-hydrogen) atoms. The molecule has 1 saturated carbocycles. The van der Waals surface area contributed by atoms with Crippen molar-refractivity contribution in [1.82, 2.24) is 4.90 Å². The summed E-state index contributed by atoms with van der Waals surface area (Å²) in [5.74, 6) is 0. The minimum Gasteiger partial charge on any atom is -0.376 e. The first-order chi connectivity index (χ1) is 6.59. The SMILES string of the molecule is CC(C)OC1CCCCC(N(C)C)C1. The fourth-order valence-corrected chi connectivity index (χ4v) is 2.27.